The number of carbonyl (C=O) groups excluding carboxylic acids is 2. The predicted octanol–water partition coefficient (Wildman–Crippen LogP) is 3.25. The van der Waals surface area contributed by atoms with Crippen molar-refractivity contribution in [2.75, 3.05) is 43.6 Å². The molecule has 2 aromatic carbocycles. The van der Waals surface area contributed by atoms with Crippen LogP contribution in [0.15, 0.2) is 42.5 Å². The Hall–Kier alpha value is -2.97. The topological polar surface area (TPSA) is 83.1 Å². The molecule has 0 radical (unpaired) electrons. The van der Waals surface area contributed by atoms with Crippen molar-refractivity contribution in [1.29, 1.82) is 0 Å². The second-order valence-corrected chi connectivity index (χ2v) is 7.63. The number of nitrogens with zero attached hydrogens (tertiary/aromatic N) is 2. The summed E-state index contributed by atoms with van der Waals surface area (Å²) in [5, 5.41) is 6.41. The molecule has 0 saturated carbocycles. The minimum absolute atomic E-state index is 0.104. The maximum absolute atomic E-state index is 12.7. The van der Waals surface area contributed by atoms with Crippen LogP contribution in [0.5, 0.6) is 11.5 Å². The Labute approximate surface area is 179 Å². The smallest absolute Gasteiger partial charge is 0.321 e. The molecule has 2 aliphatic rings. The highest BCUT2D eigenvalue weighted by molar-refractivity contribution is 6.30. The van der Waals surface area contributed by atoms with Crippen molar-refractivity contribution in [2.24, 2.45) is 0 Å². The van der Waals surface area contributed by atoms with E-state index in [1.165, 1.54) is 0 Å². The molecule has 4 rings (SSSR count). The van der Waals surface area contributed by atoms with E-state index < -0.39 is 0 Å². The van der Waals surface area contributed by atoms with E-state index in [0.717, 1.165) is 0 Å². The third-order valence-corrected chi connectivity index (χ3v) is 5.52. The third kappa shape index (κ3) is 4.60. The molecule has 30 heavy (non-hydrogen) atoms. The van der Waals surface area contributed by atoms with Gasteiger partial charge >= 0.3 is 6.03 Å². The number of hydrogen-bond acceptors (Lipinski definition) is 5. The summed E-state index contributed by atoms with van der Waals surface area (Å²) in [7, 11) is 0. The number of carbonyl (C=O) groups is 2. The molecule has 3 amide bonds. The Bertz CT molecular complexity index is 929. The molecule has 2 aromatic rings. The number of benzene rings is 2. The van der Waals surface area contributed by atoms with Gasteiger partial charge in [0.25, 0.3) is 0 Å². The minimum Gasteiger partial charge on any atom is -0.454 e. The number of ether oxygens (including phenoxy) is 2. The van der Waals surface area contributed by atoms with E-state index in [1.54, 1.807) is 47.4 Å². The first-order valence-corrected chi connectivity index (χ1v) is 10.1. The number of nitrogens with one attached hydrogen (secondary N) is 2. The van der Waals surface area contributed by atoms with E-state index in [9.17, 15) is 9.59 Å². The molecule has 2 N–H and O–H groups in total. The van der Waals surface area contributed by atoms with Crippen LogP contribution < -0.4 is 20.1 Å². The Kier molecular flexibility index (Phi) is 5.96. The summed E-state index contributed by atoms with van der Waals surface area (Å²) in [5.74, 6) is 1.20. The van der Waals surface area contributed by atoms with Crippen LogP contribution in [0.1, 0.15) is 6.92 Å². The van der Waals surface area contributed by atoms with Crippen LogP contribution in [-0.4, -0.2) is 60.8 Å². The zero-order valence-electron chi connectivity index (χ0n) is 16.6. The van der Waals surface area contributed by atoms with Gasteiger partial charge in [0.05, 0.1) is 6.04 Å². The monoisotopic (exact) mass is 430 g/mol. The van der Waals surface area contributed by atoms with Crippen LogP contribution >= 0.6 is 11.6 Å². The van der Waals surface area contributed by atoms with Gasteiger partial charge in [0.2, 0.25) is 12.7 Å². The van der Waals surface area contributed by atoms with Gasteiger partial charge in [-0.3, -0.25) is 9.69 Å². The fraction of sp³-hybridized carbons (Fsp3) is 0.333. The second-order valence-electron chi connectivity index (χ2n) is 7.19. The molecule has 0 unspecified atom stereocenters. The molecule has 2 heterocycles. The molecule has 2 aliphatic heterocycles. The minimum atomic E-state index is -0.322. The molecule has 0 aromatic heterocycles. The average molecular weight is 431 g/mol. The van der Waals surface area contributed by atoms with Crippen LogP contribution in [0.4, 0.5) is 16.2 Å². The maximum Gasteiger partial charge on any atom is 0.321 e. The SMILES string of the molecule is C[C@@H](C(=O)Nc1ccc2c(c1)OCO2)N1CCN(C(=O)Nc2ccc(Cl)cc2)CC1. The summed E-state index contributed by atoms with van der Waals surface area (Å²) in [4.78, 5) is 28.9. The molecular formula is C21H23ClN4O4. The normalized spacial score (nSPS) is 16.8. The van der Waals surface area contributed by atoms with E-state index in [0.29, 0.717) is 54.1 Å². The van der Waals surface area contributed by atoms with Gasteiger partial charge in [0.1, 0.15) is 0 Å². The molecule has 8 nitrogen and oxygen atoms in total. The molecule has 158 valence electrons. The number of hydrogen-bond donors (Lipinski definition) is 2. The highest BCUT2D eigenvalue weighted by Gasteiger charge is 2.28. The lowest BCUT2D eigenvalue weighted by Crippen LogP contribution is -2.54. The van der Waals surface area contributed by atoms with Crippen molar-refractivity contribution in [3.63, 3.8) is 0 Å². The molecule has 1 fully saturated rings. The quantitative estimate of drug-likeness (QED) is 0.778. The number of rotatable bonds is 4. The first-order chi connectivity index (χ1) is 14.5. The first kappa shape index (κ1) is 20.3. The molecule has 0 spiro atoms. The lowest BCUT2D eigenvalue weighted by molar-refractivity contribution is -0.121. The van der Waals surface area contributed by atoms with Crippen LogP contribution in [0.2, 0.25) is 5.02 Å². The van der Waals surface area contributed by atoms with E-state index in [2.05, 4.69) is 15.5 Å². The van der Waals surface area contributed by atoms with Crippen molar-refractivity contribution in [3.05, 3.63) is 47.5 Å². The highest BCUT2D eigenvalue weighted by atomic mass is 35.5. The van der Waals surface area contributed by atoms with Crippen molar-refractivity contribution < 1.29 is 19.1 Å². The summed E-state index contributed by atoms with van der Waals surface area (Å²) in [5.41, 5.74) is 1.36. The standard InChI is InChI=1S/C21H23ClN4O4/c1-14(20(27)23-17-6-7-18-19(12-17)30-13-29-18)25-8-10-26(11-9-25)21(28)24-16-4-2-15(22)3-5-16/h2-7,12,14H,8-11,13H2,1H3,(H,23,27)(H,24,28)/t14-/m0/s1. The molecule has 9 heteroatoms. The van der Waals surface area contributed by atoms with Gasteiger partial charge in [-0.15, -0.1) is 0 Å². The molecule has 1 atom stereocenters. The molecule has 0 bridgehead atoms. The molecule has 0 aliphatic carbocycles. The summed E-state index contributed by atoms with van der Waals surface area (Å²) in [6.45, 7) is 4.38. The van der Waals surface area contributed by atoms with E-state index in [1.807, 2.05) is 6.92 Å². The lowest BCUT2D eigenvalue weighted by Gasteiger charge is -2.37. The number of fused-ring (bicyclic) bond motifs is 1. The largest absolute Gasteiger partial charge is 0.454 e. The van der Waals surface area contributed by atoms with Gasteiger partial charge in [0, 0.05) is 48.6 Å². The highest BCUT2D eigenvalue weighted by Crippen LogP contribution is 2.34. The van der Waals surface area contributed by atoms with E-state index in [4.69, 9.17) is 21.1 Å². The fourth-order valence-electron chi connectivity index (χ4n) is 3.43. The maximum atomic E-state index is 12.7. The van der Waals surface area contributed by atoms with Crippen molar-refractivity contribution in [2.45, 2.75) is 13.0 Å². The number of halogens is 1. The van der Waals surface area contributed by atoms with Crippen LogP contribution in [0, 0.1) is 0 Å². The zero-order valence-corrected chi connectivity index (χ0v) is 17.3. The van der Waals surface area contributed by atoms with Gasteiger partial charge in [0.15, 0.2) is 11.5 Å². The second kappa shape index (κ2) is 8.81. The summed E-state index contributed by atoms with van der Waals surface area (Å²) in [6.07, 6.45) is 0. The summed E-state index contributed by atoms with van der Waals surface area (Å²) >= 11 is 5.87. The van der Waals surface area contributed by atoms with Gasteiger partial charge in [-0.25, -0.2) is 4.79 Å². The van der Waals surface area contributed by atoms with Gasteiger partial charge in [-0.05, 0) is 43.3 Å². The van der Waals surface area contributed by atoms with Crippen molar-refractivity contribution in [1.82, 2.24) is 9.80 Å². The Balaban J connectivity index is 1.27. The fourth-order valence-corrected chi connectivity index (χ4v) is 3.56. The van der Waals surface area contributed by atoms with Gasteiger partial charge < -0.3 is 25.0 Å². The lowest BCUT2D eigenvalue weighted by atomic mass is 10.2. The van der Waals surface area contributed by atoms with Gasteiger partial charge in [-0.2, -0.15) is 0 Å². The van der Waals surface area contributed by atoms with E-state index >= 15 is 0 Å². The summed E-state index contributed by atoms with van der Waals surface area (Å²) < 4.78 is 10.6. The van der Waals surface area contributed by atoms with Crippen molar-refractivity contribution >= 4 is 34.9 Å². The number of amides is 3. The Morgan fingerprint density at radius 3 is 2.33 bits per heavy atom. The van der Waals surface area contributed by atoms with Crippen molar-refractivity contribution in [3.8, 4) is 11.5 Å². The predicted molar refractivity (Wildman–Crippen MR) is 114 cm³/mol. The molecule has 1 saturated heterocycles. The Morgan fingerprint density at radius 2 is 1.60 bits per heavy atom. The zero-order chi connectivity index (χ0) is 21.1. The average Bonchev–Trinajstić information content (AvgIpc) is 3.23. The van der Waals surface area contributed by atoms with Crippen LogP contribution in [0.3, 0.4) is 0 Å². The van der Waals surface area contributed by atoms with Crippen LogP contribution in [-0.2, 0) is 4.79 Å². The first-order valence-electron chi connectivity index (χ1n) is 9.75. The summed E-state index contributed by atoms with van der Waals surface area (Å²) in [6, 6.07) is 11.8. The number of anilines is 2. The van der Waals surface area contributed by atoms with Gasteiger partial charge in [-0.1, -0.05) is 11.6 Å². The number of piperazine rings is 1. The van der Waals surface area contributed by atoms with Crippen LogP contribution in [0.25, 0.3) is 0 Å². The molecular weight excluding hydrogens is 408 g/mol. The third-order valence-electron chi connectivity index (χ3n) is 5.26. The Morgan fingerprint density at radius 1 is 0.933 bits per heavy atom. The number of urea groups is 1. The van der Waals surface area contributed by atoms with E-state index in [-0.39, 0.29) is 24.8 Å².